The van der Waals surface area contributed by atoms with Gasteiger partial charge in [-0.3, -0.25) is 4.79 Å². The predicted octanol–water partition coefficient (Wildman–Crippen LogP) is 4.23. The van der Waals surface area contributed by atoms with E-state index in [0.29, 0.717) is 16.5 Å². The number of nitrogens with one attached hydrogen (secondary N) is 1. The lowest BCUT2D eigenvalue weighted by Gasteiger charge is -2.07. The largest absolute Gasteiger partial charge is 0.324 e. The number of anilines is 1. The van der Waals surface area contributed by atoms with Crippen LogP contribution in [0.3, 0.4) is 0 Å². The molecule has 1 N–H and O–H groups in total. The van der Waals surface area contributed by atoms with E-state index in [4.69, 9.17) is 11.6 Å². The SMILES string of the molecule is O=C(CSc1ccccn1)Nc1ccc(Br)cc1Cl. The number of aromatic nitrogens is 1. The van der Waals surface area contributed by atoms with Gasteiger partial charge in [0.2, 0.25) is 5.91 Å². The second-order valence-corrected chi connectivity index (χ2v) is 5.95. The zero-order chi connectivity index (χ0) is 13.7. The highest BCUT2D eigenvalue weighted by Gasteiger charge is 2.07. The fraction of sp³-hybridized carbons (Fsp3) is 0.0769. The van der Waals surface area contributed by atoms with Crippen molar-refractivity contribution in [1.29, 1.82) is 0 Å². The average molecular weight is 358 g/mol. The summed E-state index contributed by atoms with van der Waals surface area (Å²) in [5.41, 5.74) is 0.608. The summed E-state index contributed by atoms with van der Waals surface area (Å²) in [4.78, 5) is 15.9. The average Bonchev–Trinajstić information content (AvgIpc) is 2.41. The zero-order valence-corrected chi connectivity index (χ0v) is 12.9. The molecular weight excluding hydrogens is 348 g/mol. The molecule has 0 fully saturated rings. The maximum Gasteiger partial charge on any atom is 0.234 e. The van der Waals surface area contributed by atoms with Crippen LogP contribution in [0.5, 0.6) is 0 Å². The summed E-state index contributed by atoms with van der Waals surface area (Å²) in [6.07, 6.45) is 1.70. The van der Waals surface area contributed by atoms with Crippen LogP contribution in [-0.2, 0) is 4.79 Å². The highest BCUT2D eigenvalue weighted by atomic mass is 79.9. The molecule has 19 heavy (non-hydrogen) atoms. The quantitative estimate of drug-likeness (QED) is 0.833. The summed E-state index contributed by atoms with van der Waals surface area (Å²) < 4.78 is 0.873. The van der Waals surface area contributed by atoms with Crippen molar-refractivity contribution < 1.29 is 4.79 Å². The van der Waals surface area contributed by atoms with Crippen molar-refractivity contribution in [3.05, 3.63) is 52.1 Å². The topological polar surface area (TPSA) is 42.0 Å². The lowest BCUT2D eigenvalue weighted by Crippen LogP contribution is -2.14. The van der Waals surface area contributed by atoms with E-state index in [0.717, 1.165) is 9.50 Å². The van der Waals surface area contributed by atoms with Crippen LogP contribution in [-0.4, -0.2) is 16.6 Å². The first-order valence-electron chi connectivity index (χ1n) is 5.44. The summed E-state index contributed by atoms with van der Waals surface area (Å²) in [5.74, 6) is 0.184. The van der Waals surface area contributed by atoms with E-state index >= 15 is 0 Å². The summed E-state index contributed by atoms with van der Waals surface area (Å²) >= 11 is 10.7. The maximum atomic E-state index is 11.8. The van der Waals surface area contributed by atoms with Crippen molar-refractivity contribution in [2.24, 2.45) is 0 Å². The Labute approximate surface area is 128 Å². The van der Waals surface area contributed by atoms with Gasteiger partial charge in [-0.05, 0) is 30.3 Å². The second kappa shape index (κ2) is 6.93. The van der Waals surface area contributed by atoms with Gasteiger partial charge in [0, 0.05) is 10.7 Å². The molecule has 0 radical (unpaired) electrons. The smallest absolute Gasteiger partial charge is 0.234 e. The summed E-state index contributed by atoms with van der Waals surface area (Å²) in [7, 11) is 0. The van der Waals surface area contributed by atoms with E-state index in [-0.39, 0.29) is 5.91 Å². The number of hydrogen-bond donors (Lipinski definition) is 1. The molecule has 1 amide bonds. The van der Waals surface area contributed by atoms with Gasteiger partial charge >= 0.3 is 0 Å². The molecule has 0 saturated carbocycles. The van der Waals surface area contributed by atoms with Gasteiger partial charge in [0.1, 0.15) is 0 Å². The van der Waals surface area contributed by atoms with Gasteiger partial charge in [0.05, 0.1) is 21.5 Å². The van der Waals surface area contributed by atoms with Gasteiger partial charge in [-0.1, -0.05) is 45.4 Å². The summed E-state index contributed by atoms with van der Waals surface area (Å²) in [6, 6.07) is 10.9. The molecule has 2 aromatic rings. The molecule has 0 aliphatic rings. The van der Waals surface area contributed by atoms with Crippen LogP contribution >= 0.6 is 39.3 Å². The van der Waals surface area contributed by atoms with Crippen molar-refractivity contribution in [3.63, 3.8) is 0 Å². The van der Waals surface area contributed by atoms with E-state index in [1.807, 2.05) is 24.3 Å². The van der Waals surface area contributed by atoms with Crippen LogP contribution in [0.25, 0.3) is 0 Å². The minimum atomic E-state index is -0.111. The fourth-order valence-electron chi connectivity index (χ4n) is 1.35. The first-order chi connectivity index (χ1) is 9.15. The van der Waals surface area contributed by atoms with E-state index in [2.05, 4.69) is 26.2 Å². The molecule has 0 atom stereocenters. The number of carbonyl (C=O) groups excluding carboxylic acids is 1. The maximum absolute atomic E-state index is 11.8. The van der Waals surface area contributed by atoms with Gasteiger partial charge in [-0.15, -0.1) is 0 Å². The lowest BCUT2D eigenvalue weighted by molar-refractivity contribution is -0.113. The molecule has 3 nitrogen and oxygen atoms in total. The molecule has 1 heterocycles. The molecule has 0 saturated heterocycles. The molecule has 1 aromatic carbocycles. The number of hydrogen-bond acceptors (Lipinski definition) is 3. The Morgan fingerprint density at radius 2 is 2.21 bits per heavy atom. The second-order valence-electron chi connectivity index (χ2n) is 3.63. The number of carbonyl (C=O) groups is 1. The van der Waals surface area contributed by atoms with Gasteiger partial charge < -0.3 is 5.32 Å². The van der Waals surface area contributed by atoms with Crippen LogP contribution in [0.2, 0.25) is 5.02 Å². The molecule has 6 heteroatoms. The highest BCUT2D eigenvalue weighted by molar-refractivity contribution is 9.10. The Morgan fingerprint density at radius 3 is 2.89 bits per heavy atom. The standard InChI is InChI=1S/C13H10BrClN2OS/c14-9-4-5-11(10(15)7-9)17-12(18)8-19-13-3-1-2-6-16-13/h1-7H,8H2,(H,17,18). The van der Waals surface area contributed by atoms with Crippen LogP contribution in [0.4, 0.5) is 5.69 Å². The van der Waals surface area contributed by atoms with E-state index in [1.165, 1.54) is 11.8 Å². The normalized spacial score (nSPS) is 10.2. The molecule has 1 aromatic heterocycles. The number of thioether (sulfide) groups is 1. The van der Waals surface area contributed by atoms with Crippen molar-refractivity contribution in [2.75, 3.05) is 11.1 Å². The monoisotopic (exact) mass is 356 g/mol. The first-order valence-corrected chi connectivity index (χ1v) is 7.59. The van der Waals surface area contributed by atoms with Crippen LogP contribution in [0, 0.1) is 0 Å². The molecule has 0 aliphatic carbocycles. The Hall–Kier alpha value is -1.04. The number of rotatable bonds is 4. The Bertz CT molecular complexity index is 580. The van der Waals surface area contributed by atoms with Crippen molar-refractivity contribution >= 4 is 50.9 Å². The molecule has 0 unspecified atom stereocenters. The van der Waals surface area contributed by atoms with Crippen LogP contribution < -0.4 is 5.32 Å². The molecule has 2 rings (SSSR count). The molecule has 0 spiro atoms. The minimum Gasteiger partial charge on any atom is -0.324 e. The van der Waals surface area contributed by atoms with Gasteiger partial charge in [0.15, 0.2) is 0 Å². The molecule has 0 bridgehead atoms. The van der Waals surface area contributed by atoms with Crippen LogP contribution in [0.15, 0.2) is 52.1 Å². The number of pyridine rings is 1. The number of benzene rings is 1. The predicted molar refractivity (Wildman–Crippen MR) is 82.7 cm³/mol. The summed E-state index contributed by atoms with van der Waals surface area (Å²) in [5, 5.41) is 4.09. The van der Waals surface area contributed by atoms with E-state index < -0.39 is 0 Å². The van der Waals surface area contributed by atoms with Gasteiger partial charge in [-0.25, -0.2) is 4.98 Å². The number of amides is 1. The number of halogens is 2. The molecular formula is C13H10BrClN2OS. The molecule has 0 aliphatic heterocycles. The highest BCUT2D eigenvalue weighted by Crippen LogP contribution is 2.26. The third-order valence-corrected chi connectivity index (χ3v) is 3.94. The Balaban J connectivity index is 1.91. The third kappa shape index (κ3) is 4.53. The van der Waals surface area contributed by atoms with Crippen molar-refractivity contribution in [3.8, 4) is 0 Å². The fourth-order valence-corrected chi connectivity index (χ4v) is 2.73. The van der Waals surface area contributed by atoms with Gasteiger partial charge in [0.25, 0.3) is 0 Å². The third-order valence-electron chi connectivity index (χ3n) is 2.19. The first kappa shape index (κ1) is 14.4. The van der Waals surface area contributed by atoms with E-state index in [1.54, 1.807) is 18.3 Å². The minimum absolute atomic E-state index is 0.111. The number of nitrogens with zero attached hydrogens (tertiary/aromatic N) is 1. The lowest BCUT2D eigenvalue weighted by atomic mass is 10.3. The summed E-state index contributed by atoms with van der Waals surface area (Å²) in [6.45, 7) is 0. The Kier molecular flexibility index (Phi) is 5.24. The van der Waals surface area contributed by atoms with Crippen LogP contribution in [0.1, 0.15) is 0 Å². The van der Waals surface area contributed by atoms with Crippen molar-refractivity contribution in [2.45, 2.75) is 5.03 Å². The zero-order valence-electron chi connectivity index (χ0n) is 9.77. The Morgan fingerprint density at radius 1 is 1.37 bits per heavy atom. The van der Waals surface area contributed by atoms with Crippen molar-refractivity contribution in [1.82, 2.24) is 4.98 Å². The van der Waals surface area contributed by atoms with E-state index in [9.17, 15) is 4.79 Å². The van der Waals surface area contributed by atoms with Gasteiger partial charge in [-0.2, -0.15) is 0 Å². The molecule has 98 valence electrons.